The average Bonchev–Trinajstić information content (AvgIpc) is 2.85. The van der Waals surface area contributed by atoms with Gasteiger partial charge in [-0.1, -0.05) is 30.3 Å². The van der Waals surface area contributed by atoms with E-state index >= 15 is 0 Å². The lowest BCUT2D eigenvalue weighted by Gasteiger charge is -2.11. The number of aromatic amines is 2. The third-order valence-corrected chi connectivity index (χ3v) is 3.10. The van der Waals surface area contributed by atoms with Crippen LogP contribution in [0, 0.1) is 0 Å². The summed E-state index contributed by atoms with van der Waals surface area (Å²) in [7, 11) is 0. The minimum absolute atomic E-state index is 0.0213. The Labute approximate surface area is 122 Å². The molecule has 8 heteroatoms. The van der Waals surface area contributed by atoms with Gasteiger partial charge in [-0.3, -0.25) is 0 Å². The first-order valence-corrected chi connectivity index (χ1v) is 6.41. The van der Waals surface area contributed by atoms with Crippen molar-refractivity contribution in [3.8, 4) is 0 Å². The second-order valence-corrected chi connectivity index (χ2v) is 4.69. The lowest BCUT2D eigenvalue weighted by Crippen LogP contribution is -2.11. The van der Waals surface area contributed by atoms with Gasteiger partial charge in [0, 0.05) is 6.54 Å². The molecule has 0 aliphatic rings. The molecule has 3 N–H and O–H groups in total. The van der Waals surface area contributed by atoms with Gasteiger partial charge in [0.25, 0.3) is 0 Å². The van der Waals surface area contributed by atoms with Crippen LogP contribution in [0.3, 0.4) is 0 Å². The van der Waals surface area contributed by atoms with Gasteiger partial charge < -0.3 is 15.3 Å². The molecule has 0 atom stereocenters. The van der Waals surface area contributed by atoms with Crippen LogP contribution in [0.25, 0.3) is 11.0 Å². The van der Waals surface area contributed by atoms with Gasteiger partial charge in [-0.05, 0) is 11.6 Å². The summed E-state index contributed by atoms with van der Waals surface area (Å²) in [4.78, 5) is 19.7. The Bertz CT molecular complexity index is 852. The maximum absolute atomic E-state index is 12.9. The van der Waals surface area contributed by atoms with E-state index in [2.05, 4.69) is 20.3 Å². The molecule has 2 heterocycles. The van der Waals surface area contributed by atoms with E-state index < -0.39 is 17.6 Å². The molecule has 114 valence electrons. The maximum atomic E-state index is 12.9. The molecule has 0 aliphatic carbocycles. The monoisotopic (exact) mass is 308 g/mol. The highest BCUT2D eigenvalue weighted by atomic mass is 19.4. The topological polar surface area (TPSA) is 73.6 Å². The Morgan fingerprint density at radius 2 is 1.86 bits per heavy atom. The van der Waals surface area contributed by atoms with E-state index in [-0.39, 0.29) is 23.4 Å². The van der Waals surface area contributed by atoms with Crippen molar-refractivity contribution in [2.75, 3.05) is 5.32 Å². The van der Waals surface area contributed by atoms with Crippen LogP contribution in [-0.4, -0.2) is 15.0 Å². The molecule has 0 radical (unpaired) electrons. The molecule has 0 saturated carbocycles. The molecule has 0 fully saturated rings. The Morgan fingerprint density at radius 3 is 2.55 bits per heavy atom. The maximum Gasteiger partial charge on any atom is 0.433 e. The van der Waals surface area contributed by atoms with Gasteiger partial charge in [-0.15, -0.1) is 0 Å². The van der Waals surface area contributed by atoms with E-state index in [0.29, 0.717) is 0 Å². The third-order valence-electron chi connectivity index (χ3n) is 3.10. The number of H-pyrrole nitrogens is 2. The van der Waals surface area contributed by atoms with Crippen LogP contribution in [0.4, 0.5) is 19.0 Å². The van der Waals surface area contributed by atoms with E-state index in [9.17, 15) is 18.0 Å². The fourth-order valence-corrected chi connectivity index (χ4v) is 2.09. The number of nitrogens with one attached hydrogen (secondary N) is 3. The minimum atomic E-state index is -4.59. The van der Waals surface area contributed by atoms with E-state index in [0.717, 1.165) is 11.6 Å². The molecular weight excluding hydrogens is 297 g/mol. The third kappa shape index (κ3) is 2.80. The molecule has 0 amide bonds. The zero-order valence-electron chi connectivity index (χ0n) is 11.2. The van der Waals surface area contributed by atoms with Crippen molar-refractivity contribution < 1.29 is 13.2 Å². The first-order valence-electron chi connectivity index (χ1n) is 6.41. The number of fused-ring (bicyclic) bond motifs is 1. The number of rotatable bonds is 3. The van der Waals surface area contributed by atoms with E-state index in [1.807, 2.05) is 30.3 Å². The summed E-state index contributed by atoms with van der Waals surface area (Å²) >= 11 is 0. The molecular formula is C14H11F3N4O. The molecule has 2 aromatic heterocycles. The summed E-state index contributed by atoms with van der Waals surface area (Å²) in [6.07, 6.45) is -4.59. The Kier molecular flexibility index (Phi) is 3.36. The highest BCUT2D eigenvalue weighted by Crippen LogP contribution is 2.31. The van der Waals surface area contributed by atoms with Crippen LogP contribution < -0.4 is 11.0 Å². The van der Waals surface area contributed by atoms with Gasteiger partial charge in [0.05, 0.1) is 5.52 Å². The highest BCUT2D eigenvalue weighted by molar-refractivity contribution is 5.85. The first kappa shape index (κ1) is 14.2. The molecule has 1 aromatic carbocycles. The van der Waals surface area contributed by atoms with Crippen LogP contribution in [0.15, 0.2) is 41.2 Å². The van der Waals surface area contributed by atoms with Crippen LogP contribution in [0.2, 0.25) is 0 Å². The number of alkyl halides is 3. The van der Waals surface area contributed by atoms with Gasteiger partial charge in [0.1, 0.15) is 11.2 Å². The Hall–Kier alpha value is -2.77. The van der Waals surface area contributed by atoms with Crippen molar-refractivity contribution in [2.24, 2.45) is 0 Å². The van der Waals surface area contributed by atoms with Gasteiger partial charge in [-0.25, -0.2) is 9.78 Å². The predicted octanol–water partition coefficient (Wildman–Crippen LogP) is 2.88. The standard InChI is InChI=1S/C14H11F3N4O/c15-14(16,17)10-6-9-11(21-13(22)19-9)12(20-10)18-7-8-4-2-1-3-5-8/h1-6H,7H2,(H,18,20)(H2,19,21,22). The average molecular weight is 308 g/mol. The number of benzene rings is 1. The van der Waals surface area contributed by atoms with Crippen molar-refractivity contribution in [1.82, 2.24) is 15.0 Å². The SMILES string of the molecule is O=c1[nH]c2cc(C(F)(F)F)nc(NCc3ccccc3)c2[nH]1. The number of aromatic nitrogens is 3. The van der Waals surface area contributed by atoms with Gasteiger partial charge in [-0.2, -0.15) is 13.2 Å². The summed E-state index contributed by atoms with van der Waals surface area (Å²) in [5, 5.41) is 2.83. The lowest BCUT2D eigenvalue weighted by molar-refractivity contribution is -0.141. The summed E-state index contributed by atoms with van der Waals surface area (Å²) in [5.41, 5.74) is -0.491. The summed E-state index contributed by atoms with van der Waals surface area (Å²) < 4.78 is 38.6. The summed E-state index contributed by atoms with van der Waals surface area (Å²) in [6.45, 7) is 0.289. The number of pyridine rings is 1. The zero-order chi connectivity index (χ0) is 15.7. The van der Waals surface area contributed by atoms with Crippen molar-refractivity contribution >= 4 is 16.9 Å². The molecule has 3 rings (SSSR count). The van der Waals surface area contributed by atoms with Crippen molar-refractivity contribution in [3.63, 3.8) is 0 Å². The van der Waals surface area contributed by atoms with Gasteiger partial charge in [0.15, 0.2) is 5.82 Å². The summed E-state index contributed by atoms with van der Waals surface area (Å²) in [5.74, 6) is -0.0213. The number of imidazole rings is 1. The number of halogens is 3. The number of anilines is 1. The van der Waals surface area contributed by atoms with E-state index in [4.69, 9.17) is 0 Å². The van der Waals surface area contributed by atoms with Crippen molar-refractivity contribution in [3.05, 3.63) is 58.1 Å². The molecule has 0 bridgehead atoms. The van der Waals surface area contributed by atoms with E-state index in [1.54, 1.807) is 0 Å². The smallest absolute Gasteiger partial charge is 0.364 e. The molecule has 0 saturated heterocycles. The van der Waals surface area contributed by atoms with Crippen molar-refractivity contribution in [1.29, 1.82) is 0 Å². The Balaban J connectivity index is 2.01. The molecule has 3 aromatic rings. The highest BCUT2D eigenvalue weighted by Gasteiger charge is 2.33. The second-order valence-electron chi connectivity index (χ2n) is 4.69. The largest absolute Gasteiger partial charge is 0.433 e. The van der Waals surface area contributed by atoms with Crippen LogP contribution in [0.5, 0.6) is 0 Å². The van der Waals surface area contributed by atoms with Crippen LogP contribution in [0.1, 0.15) is 11.3 Å². The van der Waals surface area contributed by atoms with Crippen LogP contribution >= 0.6 is 0 Å². The van der Waals surface area contributed by atoms with Crippen LogP contribution in [-0.2, 0) is 12.7 Å². The minimum Gasteiger partial charge on any atom is -0.364 e. The first-order chi connectivity index (χ1) is 10.4. The molecule has 22 heavy (non-hydrogen) atoms. The second kappa shape index (κ2) is 5.21. The number of nitrogens with zero attached hydrogens (tertiary/aromatic N) is 1. The normalized spacial score (nSPS) is 11.8. The number of hydrogen-bond acceptors (Lipinski definition) is 3. The summed E-state index contributed by atoms with van der Waals surface area (Å²) in [6, 6.07) is 9.96. The zero-order valence-corrected chi connectivity index (χ0v) is 11.2. The fraction of sp³-hybridized carbons (Fsp3) is 0.143. The quantitative estimate of drug-likeness (QED) is 0.696. The molecule has 0 aliphatic heterocycles. The van der Waals surface area contributed by atoms with Crippen molar-refractivity contribution in [2.45, 2.75) is 12.7 Å². The van der Waals surface area contributed by atoms with Gasteiger partial charge >= 0.3 is 11.9 Å². The Morgan fingerprint density at radius 1 is 1.14 bits per heavy atom. The fourth-order valence-electron chi connectivity index (χ4n) is 2.09. The predicted molar refractivity (Wildman–Crippen MR) is 75.5 cm³/mol. The lowest BCUT2D eigenvalue weighted by atomic mass is 10.2. The molecule has 5 nitrogen and oxygen atoms in total. The molecule has 0 spiro atoms. The van der Waals surface area contributed by atoms with E-state index in [1.165, 1.54) is 0 Å². The molecule has 0 unspecified atom stereocenters. The van der Waals surface area contributed by atoms with Gasteiger partial charge in [0.2, 0.25) is 0 Å². The number of hydrogen-bond donors (Lipinski definition) is 3.